The molecule has 1 aromatic carbocycles. The maximum atomic E-state index is 11.1. The van der Waals surface area contributed by atoms with Gasteiger partial charge in [-0.05, 0) is 88.5 Å². The van der Waals surface area contributed by atoms with Crippen molar-refractivity contribution in [1.29, 1.82) is 0 Å². The van der Waals surface area contributed by atoms with Crippen LogP contribution in [0.25, 0.3) is 0 Å². The standard InChI is InChI=1S/C23H37N3O3/c1-22(2,15-6-8-16(9-7-15)23(3,4)26-28)12-11-17-10-5-14-13-18(27)19(24)20(25)21(14)29-17/h13,15-17,27H,5-12,24-25H2,1-4H3. The molecule has 1 aromatic rings. The van der Waals surface area contributed by atoms with Crippen molar-refractivity contribution in [2.45, 2.75) is 90.7 Å². The lowest BCUT2D eigenvalue weighted by molar-refractivity contribution is 0.0795. The molecule has 0 amide bonds. The first-order valence-electron chi connectivity index (χ1n) is 11.0. The molecule has 162 valence electrons. The van der Waals surface area contributed by atoms with Gasteiger partial charge in [-0.3, -0.25) is 0 Å². The minimum absolute atomic E-state index is 0.0352. The zero-order chi connectivity index (χ0) is 21.4. The molecule has 0 aromatic heterocycles. The van der Waals surface area contributed by atoms with Gasteiger partial charge < -0.3 is 21.3 Å². The molecular weight excluding hydrogens is 366 g/mol. The summed E-state index contributed by atoms with van der Waals surface area (Å²) < 4.78 is 6.19. The number of hydrogen-bond donors (Lipinski definition) is 3. The van der Waals surface area contributed by atoms with E-state index in [2.05, 4.69) is 19.0 Å². The van der Waals surface area contributed by atoms with E-state index in [1.165, 1.54) is 0 Å². The van der Waals surface area contributed by atoms with Crippen LogP contribution < -0.4 is 16.2 Å². The number of nitroso groups, excluding NO2 is 1. The molecule has 3 rings (SSSR count). The van der Waals surface area contributed by atoms with Crippen LogP contribution in [0, 0.1) is 22.2 Å². The van der Waals surface area contributed by atoms with Crippen LogP contribution in [-0.2, 0) is 6.42 Å². The fourth-order valence-electron chi connectivity index (χ4n) is 5.20. The number of benzene rings is 1. The van der Waals surface area contributed by atoms with Gasteiger partial charge >= 0.3 is 0 Å². The summed E-state index contributed by atoms with van der Waals surface area (Å²) in [5, 5.41) is 13.2. The van der Waals surface area contributed by atoms with Crippen molar-refractivity contribution < 1.29 is 9.84 Å². The lowest BCUT2D eigenvalue weighted by atomic mass is 9.64. The predicted molar refractivity (Wildman–Crippen MR) is 118 cm³/mol. The Hall–Kier alpha value is -1.98. The van der Waals surface area contributed by atoms with Crippen molar-refractivity contribution >= 4 is 11.4 Å². The Morgan fingerprint density at radius 2 is 1.69 bits per heavy atom. The average molecular weight is 404 g/mol. The van der Waals surface area contributed by atoms with Crippen LogP contribution in [0.3, 0.4) is 0 Å². The fourth-order valence-corrected chi connectivity index (χ4v) is 5.20. The van der Waals surface area contributed by atoms with Gasteiger partial charge in [0.15, 0.2) is 0 Å². The molecule has 6 heteroatoms. The predicted octanol–water partition coefficient (Wildman–Crippen LogP) is 5.41. The van der Waals surface area contributed by atoms with Gasteiger partial charge in [-0.15, -0.1) is 0 Å². The molecule has 29 heavy (non-hydrogen) atoms. The zero-order valence-corrected chi connectivity index (χ0v) is 18.3. The van der Waals surface area contributed by atoms with Crippen LogP contribution in [0.5, 0.6) is 11.5 Å². The van der Waals surface area contributed by atoms with Gasteiger partial charge in [0.2, 0.25) is 0 Å². The Morgan fingerprint density at radius 1 is 1.07 bits per heavy atom. The minimum Gasteiger partial charge on any atom is -0.506 e. The van der Waals surface area contributed by atoms with Crippen LogP contribution in [0.1, 0.15) is 78.2 Å². The molecule has 2 aliphatic rings. The summed E-state index contributed by atoms with van der Waals surface area (Å²) >= 11 is 0. The minimum atomic E-state index is -0.450. The molecule has 1 fully saturated rings. The van der Waals surface area contributed by atoms with E-state index in [9.17, 15) is 10.0 Å². The number of ether oxygens (including phenoxy) is 1. The van der Waals surface area contributed by atoms with E-state index < -0.39 is 5.54 Å². The maximum Gasteiger partial charge on any atom is 0.148 e. The van der Waals surface area contributed by atoms with E-state index in [0.717, 1.165) is 56.9 Å². The molecule has 0 spiro atoms. The van der Waals surface area contributed by atoms with Crippen molar-refractivity contribution in [2.24, 2.45) is 22.4 Å². The number of anilines is 2. The first-order chi connectivity index (χ1) is 13.5. The number of fused-ring (bicyclic) bond motifs is 1. The number of nitrogens with zero attached hydrogens (tertiary/aromatic N) is 1. The van der Waals surface area contributed by atoms with E-state index in [1.807, 2.05) is 13.8 Å². The molecule has 0 saturated heterocycles. The smallest absolute Gasteiger partial charge is 0.148 e. The normalized spacial score (nSPS) is 25.2. The maximum absolute atomic E-state index is 11.1. The van der Waals surface area contributed by atoms with Crippen molar-refractivity contribution in [2.75, 3.05) is 11.5 Å². The van der Waals surface area contributed by atoms with Crippen LogP contribution in [0.2, 0.25) is 0 Å². The van der Waals surface area contributed by atoms with Gasteiger partial charge in [-0.25, -0.2) is 0 Å². The zero-order valence-electron chi connectivity index (χ0n) is 18.3. The highest BCUT2D eigenvalue weighted by atomic mass is 16.5. The van der Waals surface area contributed by atoms with Crippen molar-refractivity contribution in [3.63, 3.8) is 0 Å². The summed E-state index contributed by atoms with van der Waals surface area (Å²) in [5.41, 5.74) is 13.2. The topological polar surface area (TPSA) is 111 Å². The number of nitrogen functional groups attached to an aromatic ring is 2. The quantitative estimate of drug-likeness (QED) is 0.334. The third kappa shape index (κ3) is 4.46. The van der Waals surface area contributed by atoms with Crippen molar-refractivity contribution in [3.05, 3.63) is 16.5 Å². The second-order valence-corrected chi connectivity index (χ2v) is 10.3. The number of hydrogen-bond acceptors (Lipinski definition) is 6. The molecule has 1 atom stereocenters. The van der Waals surface area contributed by atoms with Crippen molar-refractivity contribution in [1.82, 2.24) is 0 Å². The van der Waals surface area contributed by atoms with Crippen LogP contribution >= 0.6 is 0 Å². The summed E-state index contributed by atoms with van der Waals surface area (Å²) in [5.74, 6) is 1.75. The summed E-state index contributed by atoms with van der Waals surface area (Å²) in [6, 6.07) is 1.68. The molecule has 6 nitrogen and oxygen atoms in total. The lowest BCUT2D eigenvalue weighted by Gasteiger charge is -2.42. The highest BCUT2D eigenvalue weighted by Crippen LogP contribution is 2.47. The first kappa shape index (κ1) is 21.7. The molecule has 0 bridgehead atoms. The average Bonchev–Trinajstić information content (AvgIpc) is 2.71. The Balaban J connectivity index is 1.56. The molecule has 1 saturated carbocycles. The van der Waals surface area contributed by atoms with Gasteiger partial charge in [0.05, 0.1) is 11.6 Å². The SMILES string of the molecule is CC(C)(CCC1CCc2cc(O)c(N)c(N)c2O1)C1CCC(C(C)(C)N=O)CC1. The molecule has 0 radical (unpaired) electrons. The monoisotopic (exact) mass is 403 g/mol. The van der Waals surface area contributed by atoms with Gasteiger partial charge in [0, 0.05) is 5.56 Å². The van der Waals surface area contributed by atoms with Gasteiger partial charge in [0.25, 0.3) is 0 Å². The molecule has 1 unspecified atom stereocenters. The molecular formula is C23H37N3O3. The van der Waals surface area contributed by atoms with E-state index in [-0.39, 0.29) is 23.0 Å². The summed E-state index contributed by atoms with van der Waals surface area (Å²) in [4.78, 5) is 11.1. The van der Waals surface area contributed by atoms with Crippen LogP contribution in [0.4, 0.5) is 11.4 Å². The largest absolute Gasteiger partial charge is 0.506 e. The van der Waals surface area contributed by atoms with Gasteiger partial charge in [-0.2, -0.15) is 4.91 Å². The van der Waals surface area contributed by atoms with Crippen molar-refractivity contribution in [3.8, 4) is 11.5 Å². The first-order valence-corrected chi connectivity index (χ1v) is 11.0. The Labute approximate surface area is 174 Å². The number of rotatable bonds is 6. The van der Waals surface area contributed by atoms with E-state index in [4.69, 9.17) is 16.2 Å². The highest BCUT2D eigenvalue weighted by Gasteiger charge is 2.39. The summed E-state index contributed by atoms with van der Waals surface area (Å²) in [6.07, 6.45) is 8.46. The number of phenols is 1. The molecule has 5 N–H and O–H groups in total. The second-order valence-electron chi connectivity index (χ2n) is 10.3. The second kappa shape index (κ2) is 8.04. The lowest BCUT2D eigenvalue weighted by Crippen LogP contribution is -2.36. The summed E-state index contributed by atoms with van der Waals surface area (Å²) in [6.45, 7) is 8.66. The Morgan fingerprint density at radius 3 is 2.31 bits per heavy atom. The third-order valence-corrected chi connectivity index (χ3v) is 7.61. The van der Waals surface area contributed by atoms with E-state index in [1.54, 1.807) is 6.07 Å². The highest BCUT2D eigenvalue weighted by molar-refractivity contribution is 5.78. The fraction of sp³-hybridized carbons (Fsp3) is 0.739. The number of phenolic OH excluding ortho intramolecular Hbond substituents is 1. The molecule has 1 aliphatic carbocycles. The van der Waals surface area contributed by atoms with Gasteiger partial charge in [-0.1, -0.05) is 19.0 Å². The molecule has 1 heterocycles. The van der Waals surface area contributed by atoms with E-state index >= 15 is 0 Å². The van der Waals surface area contributed by atoms with E-state index in [0.29, 0.717) is 23.3 Å². The summed E-state index contributed by atoms with van der Waals surface area (Å²) in [7, 11) is 0. The Bertz CT molecular complexity index is 752. The van der Waals surface area contributed by atoms with Crippen LogP contribution in [-0.4, -0.2) is 16.7 Å². The number of aromatic hydroxyl groups is 1. The molecule has 1 aliphatic heterocycles. The Kier molecular flexibility index (Phi) is 6.02. The number of nitrogens with two attached hydrogens (primary N) is 2. The third-order valence-electron chi connectivity index (χ3n) is 7.61. The van der Waals surface area contributed by atoms with Gasteiger partial charge in [0.1, 0.15) is 22.9 Å². The number of aryl methyl sites for hydroxylation is 1. The van der Waals surface area contributed by atoms with Crippen LogP contribution in [0.15, 0.2) is 11.2 Å².